The van der Waals surface area contributed by atoms with E-state index in [4.69, 9.17) is 9.47 Å². The lowest BCUT2D eigenvalue weighted by Gasteiger charge is -2.27. The third-order valence-corrected chi connectivity index (χ3v) is 12.2. The average Bonchev–Trinajstić information content (AvgIpc) is 2.72. The summed E-state index contributed by atoms with van der Waals surface area (Å²) in [5.74, 6) is -0.296. The van der Waals surface area contributed by atoms with E-state index in [1.807, 2.05) is 18.2 Å². The van der Waals surface area contributed by atoms with Gasteiger partial charge in [-0.3, -0.25) is 4.90 Å². The van der Waals surface area contributed by atoms with Crippen LogP contribution in [0, 0.1) is 21.4 Å². The fourth-order valence-corrected chi connectivity index (χ4v) is 7.59. The van der Waals surface area contributed by atoms with Gasteiger partial charge in [0.25, 0.3) is 0 Å². The summed E-state index contributed by atoms with van der Waals surface area (Å²) in [7, 11) is 0. The Labute approximate surface area is 270 Å². The van der Waals surface area contributed by atoms with Crippen molar-refractivity contribution >= 4 is 142 Å². The summed E-state index contributed by atoms with van der Waals surface area (Å²) in [5, 5.41) is 10.5. The zero-order valence-corrected chi connectivity index (χ0v) is 30.1. The van der Waals surface area contributed by atoms with E-state index in [2.05, 4.69) is 160 Å². The van der Waals surface area contributed by atoms with Crippen molar-refractivity contribution in [2.75, 3.05) is 26.3 Å². The van der Waals surface area contributed by atoms with Crippen LogP contribution in [-0.4, -0.2) is 48.3 Å². The highest BCUT2D eigenvalue weighted by Crippen LogP contribution is 2.28. The molecule has 2 aromatic carbocycles. The minimum Gasteiger partial charge on any atom is -0.461 e. The second-order valence-corrected chi connectivity index (χ2v) is 13.9. The molecule has 1 unspecified atom stereocenters. The van der Waals surface area contributed by atoms with Gasteiger partial charge in [0.05, 0.1) is 12.2 Å². The van der Waals surface area contributed by atoms with Crippen LogP contribution in [0.2, 0.25) is 0 Å². The van der Waals surface area contributed by atoms with Gasteiger partial charge in [0, 0.05) is 46.1 Å². The van der Waals surface area contributed by atoms with Gasteiger partial charge in [-0.15, -0.1) is 0 Å². The molecular weight excluding hydrogens is 1090 g/mol. The zero-order valence-electron chi connectivity index (χ0n) is 17.2. The molecule has 0 aliphatic heterocycles. The van der Waals surface area contributed by atoms with E-state index in [1.165, 1.54) is 0 Å². The van der Waals surface area contributed by atoms with Gasteiger partial charge in [0.1, 0.15) is 6.61 Å². The van der Waals surface area contributed by atoms with Crippen LogP contribution in [0.3, 0.4) is 0 Å². The highest BCUT2D eigenvalue weighted by atomic mass is 127. The highest BCUT2D eigenvalue weighted by Gasteiger charge is 2.19. The number of carbonyl (C=O) groups excluding carboxylic acids is 1. The molecule has 5 nitrogen and oxygen atoms in total. The Bertz CT molecular complexity index is 956. The lowest BCUT2D eigenvalue weighted by molar-refractivity contribution is -0.108. The number of nitrogens with zero attached hydrogens (tertiary/aromatic N) is 1. The predicted octanol–water partition coefficient (Wildman–Crippen LogP) is 6.89. The van der Waals surface area contributed by atoms with E-state index in [1.54, 1.807) is 0 Å². The van der Waals surface area contributed by atoms with Crippen molar-refractivity contribution in [3.05, 3.63) is 56.8 Å². The third kappa shape index (κ3) is 8.93. The first-order valence-electron chi connectivity index (χ1n) is 9.51. The number of aliphatic hydroxyl groups is 1. The van der Waals surface area contributed by atoms with Crippen LogP contribution < -0.4 is 0 Å². The van der Waals surface area contributed by atoms with Crippen LogP contribution in [0.25, 0.3) is 0 Å². The minimum atomic E-state index is -0.971. The number of rotatable bonds is 10. The number of hydrogen-bond acceptors (Lipinski definition) is 5. The molecule has 1 N–H and O–H groups in total. The molecule has 0 saturated carbocycles. The van der Waals surface area contributed by atoms with Gasteiger partial charge in [-0.1, -0.05) is 0 Å². The van der Waals surface area contributed by atoms with E-state index in [-0.39, 0.29) is 12.0 Å². The summed E-state index contributed by atoms with van der Waals surface area (Å²) in [6.45, 7) is 6.08. The van der Waals surface area contributed by atoms with E-state index >= 15 is 0 Å². The Morgan fingerprint density at radius 1 is 0.938 bits per heavy atom. The second-order valence-electron chi connectivity index (χ2n) is 7.00. The highest BCUT2D eigenvalue weighted by molar-refractivity contribution is 14.1. The molecule has 0 amide bonds. The van der Waals surface area contributed by atoms with Gasteiger partial charge < -0.3 is 14.6 Å². The van der Waals surface area contributed by atoms with E-state index in [9.17, 15) is 9.90 Å². The monoisotopic (exact) mass is 1110 g/mol. The van der Waals surface area contributed by atoms with Gasteiger partial charge in [0.15, 0.2) is 6.29 Å². The quantitative estimate of drug-likeness (QED) is 0.122. The van der Waals surface area contributed by atoms with Crippen molar-refractivity contribution in [1.29, 1.82) is 0 Å². The molecule has 2 rings (SSSR count). The maximum atomic E-state index is 12.6. The molecule has 1 atom stereocenters. The molecule has 0 aliphatic rings. The summed E-state index contributed by atoms with van der Waals surface area (Å²) < 4.78 is 17.3. The van der Waals surface area contributed by atoms with Crippen LogP contribution in [0.1, 0.15) is 36.1 Å². The van der Waals surface area contributed by atoms with Crippen molar-refractivity contribution < 1.29 is 19.4 Å². The molecule has 176 valence electrons. The Kier molecular flexibility index (Phi) is 14.1. The number of ether oxygens (including phenoxy) is 2. The van der Waals surface area contributed by atoms with Crippen molar-refractivity contribution in [1.82, 2.24) is 4.90 Å². The lowest BCUT2D eigenvalue weighted by Crippen LogP contribution is -2.37. The number of hydrogen-bond donors (Lipinski definition) is 1. The number of halogens is 6. The van der Waals surface area contributed by atoms with Crippen molar-refractivity contribution in [2.45, 2.75) is 26.2 Å². The van der Waals surface area contributed by atoms with Crippen molar-refractivity contribution in [3.8, 4) is 0 Å². The molecule has 0 heterocycles. The molecule has 0 bridgehead atoms. The topological polar surface area (TPSA) is 59.0 Å². The second kappa shape index (κ2) is 14.8. The minimum absolute atomic E-state index is 0.256. The van der Waals surface area contributed by atoms with E-state index in [0.29, 0.717) is 31.9 Å². The Morgan fingerprint density at radius 3 is 2.22 bits per heavy atom. The van der Waals surface area contributed by atoms with Crippen LogP contribution in [0.15, 0.2) is 24.3 Å². The molecule has 2 aromatic rings. The Morgan fingerprint density at radius 2 is 1.56 bits per heavy atom. The predicted molar refractivity (Wildman–Crippen MR) is 177 cm³/mol. The molecule has 0 aromatic heterocycles. The van der Waals surface area contributed by atoms with Crippen molar-refractivity contribution in [3.63, 3.8) is 0 Å². The number of esters is 1. The first-order chi connectivity index (χ1) is 15.0. The van der Waals surface area contributed by atoms with Crippen LogP contribution in [0.4, 0.5) is 0 Å². The van der Waals surface area contributed by atoms with Crippen LogP contribution in [0.5, 0.6) is 0 Å². The summed E-state index contributed by atoms with van der Waals surface area (Å²) in [4.78, 5) is 14.8. The molecule has 0 radical (unpaired) electrons. The van der Waals surface area contributed by atoms with Gasteiger partial charge in [-0.05, 0) is 174 Å². The fourth-order valence-electron chi connectivity index (χ4n) is 2.80. The molecular formula is C21H21I6NO4. The number of benzene rings is 2. The average molecular weight is 1110 g/mol. The fraction of sp³-hybridized carbons (Fsp3) is 0.381. The zero-order chi connectivity index (χ0) is 24.0. The first kappa shape index (κ1) is 30.4. The van der Waals surface area contributed by atoms with Crippen LogP contribution >= 0.6 is 136 Å². The van der Waals surface area contributed by atoms with Crippen molar-refractivity contribution in [2.24, 2.45) is 0 Å². The largest absolute Gasteiger partial charge is 0.461 e. The molecule has 0 fully saturated rings. The van der Waals surface area contributed by atoms with E-state index < -0.39 is 6.29 Å². The number of carbonyl (C=O) groups is 1. The standard InChI is InChI=1S/C21H21I6NO4/c1-11(2)28(5-7-31-20(29)13-9-12(22)10-16(25)18(13)26)6-8-32-21(30)17-14(23)3-4-15(24)19(17)27/h3-4,9-11,20,29H,5-8H2,1-2H3. The summed E-state index contributed by atoms with van der Waals surface area (Å²) in [5.41, 5.74) is 1.41. The van der Waals surface area contributed by atoms with Gasteiger partial charge >= 0.3 is 5.97 Å². The van der Waals surface area contributed by atoms with Gasteiger partial charge in [-0.2, -0.15) is 0 Å². The SMILES string of the molecule is CC(C)N(CCOC(=O)c1c(I)ccc(I)c1I)CCOC(O)c1cc(I)cc(I)c1I. The molecule has 0 spiro atoms. The maximum absolute atomic E-state index is 12.6. The van der Waals surface area contributed by atoms with Gasteiger partial charge in [0.2, 0.25) is 0 Å². The maximum Gasteiger partial charge on any atom is 0.340 e. The van der Waals surface area contributed by atoms with E-state index in [0.717, 1.165) is 27.0 Å². The molecule has 11 heteroatoms. The third-order valence-electron chi connectivity index (χ3n) is 4.53. The number of aliphatic hydroxyl groups excluding tert-OH is 1. The normalized spacial score (nSPS) is 12.5. The molecule has 0 saturated heterocycles. The molecule has 32 heavy (non-hydrogen) atoms. The van der Waals surface area contributed by atoms with Gasteiger partial charge in [-0.25, -0.2) is 4.79 Å². The Hall–Kier alpha value is 2.17. The smallest absolute Gasteiger partial charge is 0.340 e. The summed E-state index contributed by atoms with van der Waals surface area (Å²) in [6, 6.07) is 8.20. The Balaban J connectivity index is 1.88. The summed E-state index contributed by atoms with van der Waals surface area (Å²) in [6.07, 6.45) is -0.971. The molecule has 0 aliphatic carbocycles. The summed E-state index contributed by atoms with van der Waals surface area (Å²) >= 11 is 13.3. The first-order valence-corrected chi connectivity index (χ1v) is 16.0. The van der Waals surface area contributed by atoms with Crippen LogP contribution in [-0.2, 0) is 9.47 Å². The lowest BCUT2D eigenvalue weighted by atomic mass is 10.2.